The first-order valence-corrected chi connectivity index (χ1v) is 6.63. The van der Waals surface area contributed by atoms with E-state index in [0.717, 1.165) is 19.5 Å². The summed E-state index contributed by atoms with van der Waals surface area (Å²) < 4.78 is 13.7. The Balaban J connectivity index is 2.12. The van der Waals surface area contributed by atoms with Gasteiger partial charge in [0.25, 0.3) is 5.91 Å². The first-order chi connectivity index (χ1) is 9.11. The Bertz CT molecular complexity index is 464. The number of anilines is 1. The first kappa shape index (κ1) is 13.8. The minimum Gasteiger partial charge on any atom is -0.382 e. The minimum atomic E-state index is -0.391. The third kappa shape index (κ3) is 3.23. The highest BCUT2D eigenvalue weighted by Crippen LogP contribution is 2.20. The summed E-state index contributed by atoms with van der Waals surface area (Å²) in [5.41, 5.74) is 0.658. The van der Waals surface area contributed by atoms with E-state index in [0.29, 0.717) is 12.1 Å². The second-order valence-corrected chi connectivity index (χ2v) is 4.91. The van der Waals surface area contributed by atoms with E-state index in [-0.39, 0.29) is 17.6 Å². The van der Waals surface area contributed by atoms with Crippen molar-refractivity contribution in [1.29, 1.82) is 0 Å². The van der Waals surface area contributed by atoms with Crippen molar-refractivity contribution in [2.24, 2.45) is 0 Å². The second-order valence-electron chi connectivity index (χ2n) is 4.91. The van der Waals surface area contributed by atoms with Crippen LogP contribution < -0.4 is 10.6 Å². The van der Waals surface area contributed by atoms with Crippen LogP contribution in [0.25, 0.3) is 0 Å². The fourth-order valence-corrected chi connectivity index (χ4v) is 2.39. The number of rotatable bonds is 4. The topological polar surface area (TPSA) is 44.4 Å². The number of benzene rings is 1. The van der Waals surface area contributed by atoms with Crippen LogP contribution in [0.1, 0.15) is 23.7 Å². The molecule has 0 bridgehead atoms. The quantitative estimate of drug-likeness (QED) is 0.871. The van der Waals surface area contributed by atoms with Crippen molar-refractivity contribution in [3.05, 3.63) is 29.6 Å². The zero-order valence-corrected chi connectivity index (χ0v) is 11.4. The van der Waals surface area contributed by atoms with E-state index in [9.17, 15) is 9.18 Å². The molecule has 1 aromatic rings. The maximum atomic E-state index is 13.7. The number of carbonyl (C=O) groups excluding carboxylic acids is 1. The highest BCUT2D eigenvalue weighted by Gasteiger charge is 2.23. The Morgan fingerprint density at radius 3 is 2.95 bits per heavy atom. The summed E-state index contributed by atoms with van der Waals surface area (Å²) in [5, 5.41) is 5.88. The van der Waals surface area contributed by atoms with Gasteiger partial charge in [0.05, 0.1) is 11.3 Å². The lowest BCUT2D eigenvalue weighted by atomic mass is 10.1. The van der Waals surface area contributed by atoms with Gasteiger partial charge >= 0.3 is 0 Å². The molecule has 1 unspecified atom stereocenters. The fraction of sp³-hybridized carbons (Fsp3) is 0.500. The molecule has 1 aliphatic rings. The predicted molar refractivity (Wildman–Crippen MR) is 73.9 cm³/mol. The number of likely N-dealkylation sites (N-methyl/N-ethyl adjacent to an activating group) is 1. The van der Waals surface area contributed by atoms with E-state index in [1.807, 2.05) is 14.0 Å². The highest BCUT2D eigenvalue weighted by molar-refractivity contribution is 5.99. The number of carbonyl (C=O) groups is 1. The fourth-order valence-electron chi connectivity index (χ4n) is 2.39. The van der Waals surface area contributed by atoms with Gasteiger partial charge in [-0.2, -0.15) is 0 Å². The van der Waals surface area contributed by atoms with Gasteiger partial charge in [0, 0.05) is 19.1 Å². The van der Waals surface area contributed by atoms with Crippen LogP contribution in [0.15, 0.2) is 18.2 Å². The molecule has 5 heteroatoms. The summed E-state index contributed by atoms with van der Waals surface area (Å²) in [7, 11) is 2.03. The SMILES string of the molecule is CCNc1c(F)cccc1C(=O)NC1CCN(C)C1. The lowest BCUT2D eigenvalue weighted by Gasteiger charge is -2.15. The van der Waals surface area contributed by atoms with Crippen molar-refractivity contribution >= 4 is 11.6 Å². The van der Waals surface area contributed by atoms with Crippen LogP contribution in [0.4, 0.5) is 10.1 Å². The van der Waals surface area contributed by atoms with E-state index in [4.69, 9.17) is 0 Å². The van der Waals surface area contributed by atoms with Crippen LogP contribution in [0.3, 0.4) is 0 Å². The van der Waals surface area contributed by atoms with Crippen LogP contribution in [-0.4, -0.2) is 43.5 Å². The molecule has 4 nitrogen and oxygen atoms in total. The summed E-state index contributed by atoms with van der Waals surface area (Å²) in [6, 6.07) is 4.72. The Morgan fingerprint density at radius 2 is 2.32 bits per heavy atom. The smallest absolute Gasteiger partial charge is 0.253 e. The Hall–Kier alpha value is -1.62. The normalized spacial score (nSPS) is 19.4. The third-order valence-electron chi connectivity index (χ3n) is 3.34. The van der Waals surface area contributed by atoms with E-state index in [1.54, 1.807) is 12.1 Å². The number of nitrogens with one attached hydrogen (secondary N) is 2. The van der Waals surface area contributed by atoms with Crippen LogP contribution in [0.5, 0.6) is 0 Å². The monoisotopic (exact) mass is 265 g/mol. The van der Waals surface area contributed by atoms with Crippen molar-refractivity contribution in [1.82, 2.24) is 10.2 Å². The van der Waals surface area contributed by atoms with E-state index >= 15 is 0 Å². The van der Waals surface area contributed by atoms with Gasteiger partial charge in [-0.25, -0.2) is 4.39 Å². The number of para-hydroxylation sites is 1. The summed E-state index contributed by atoms with van der Waals surface area (Å²) in [5.74, 6) is -0.603. The van der Waals surface area contributed by atoms with Gasteiger partial charge in [0.2, 0.25) is 0 Å². The number of likely N-dealkylation sites (tertiary alicyclic amines) is 1. The van der Waals surface area contributed by atoms with Crippen molar-refractivity contribution in [3.8, 4) is 0 Å². The summed E-state index contributed by atoms with van der Waals surface area (Å²) in [6.45, 7) is 4.28. The lowest BCUT2D eigenvalue weighted by molar-refractivity contribution is 0.0939. The number of hydrogen-bond donors (Lipinski definition) is 2. The largest absolute Gasteiger partial charge is 0.382 e. The number of halogens is 1. The average molecular weight is 265 g/mol. The molecule has 1 aliphatic heterocycles. The molecule has 1 amide bonds. The number of nitrogens with zero attached hydrogens (tertiary/aromatic N) is 1. The maximum absolute atomic E-state index is 13.7. The number of hydrogen-bond acceptors (Lipinski definition) is 3. The zero-order valence-electron chi connectivity index (χ0n) is 11.4. The molecule has 0 radical (unpaired) electrons. The van der Waals surface area contributed by atoms with Crippen molar-refractivity contribution < 1.29 is 9.18 Å². The predicted octanol–water partition coefficient (Wildman–Crippen LogP) is 1.69. The zero-order chi connectivity index (χ0) is 13.8. The van der Waals surface area contributed by atoms with Gasteiger partial charge in [-0.1, -0.05) is 6.07 Å². The molecule has 19 heavy (non-hydrogen) atoms. The number of amides is 1. The van der Waals surface area contributed by atoms with Crippen LogP contribution in [-0.2, 0) is 0 Å². The van der Waals surface area contributed by atoms with Crippen molar-refractivity contribution in [2.75, 3.05) is 32.0 Å². The Kier molecular flexibility index (Phi) is 4.37. The molecule has 2 N–H and O–H groups in total. The molecule has 104 valence electrons. The van der Waals surface area contributed by atoms with E-state index < -0.39 is 5.82 Å². The van der Waals surface area contributed by atoms with Gasteiger partial charge in [0.15, 0.2) is 0 Å². The third-order valence-corrected chi connectivity index (χ3v) is 3.34. The minimum absolute atomic E-state index is 0.148. The molecule has 0 aromatic heterocycles. The molecule has 1 atom stereocenters. The molecule has 0 saturated carbocycles. The Morgan fingerprint density at radius 1 is 1.53 bits per heavy atom. The lowest BCUT2D eigenvalue weighted by Crippen LogP contribution is -2.36. The van der Waals surface area contributed by atoms with Crippen molar-refractivity contribution in [3.63, 3.8) is 0 Å². The standard InChI is InChI=1S/C14H20FN3O/c1-3-16-13-11(5-4-6-12(13)15)14(19)17-10-7-8-18(2)9-10/h4-6,10,16H,3,7-9H2,1-2H3,(H,17,19). The average Bonchev–Trinajstić information content (AvgIpc) is 2.77. The van der Waals surface area contributed by atoms with E-state index in [2.05, 4.69) is 15.5 Å². The van der Waals surface area contributed by atoms with E-state index in [1.165, 1.54) is 6.07 Å². The van der Waals surface area contributed by atoms with Gasteiger partial charge in [0.1, 0.15) is 5.82 Å². The molecule has 0 aliphatic carbocycles. The highest BCUT2D eigenvalue weighted by atomic mass is 19.1. The molecule has 1 saturated heterocycles. The second kappa shape index (κ2) is 6.02. The van der Waals surface area contributed by atoms with Gasteiger partial charge < -0.3 is 15.5 Å². The van der Waals surface area contributed by atoms with Crippen LogP contribution >= 0.6 is 0 Å². The first-order valence-electron chi connectivity index (χ1n) is 6.63. The molecule has 0 spiro atoms. The molecule has 1 heterocycles. The van der Waals surface area contributed by atoms with Crippen LogP contribution in [0, 0.1) is 5.82 Å². The van der Waals surface area contributed by atoms with Gasteiger partial charge in [-0.15, -0.1) is 0 Å². The summed E-state index contributed by atoms with van der Waals surface area (Å²) in [4.78, 5) is 14.4. The van der Waals surface area contributed by atoms with Crippen LogP contribution in [0.2, 0.25) is 0 Å². The summed E-state index contributed by atoms with van der Waals surface area (Å²) in [6.07, 6.45) is 0.939. The molecule has 2 rings (SSSR count). The van der Waals surface area contributed by atoms with Crippen molar-refractivity contribution in [2.45, 2.75) is 19.4 Å². The molecule has 1 aromatic carbocycles. The molecular formula is C14H20FN3O. The molecule has 1 fully saturated rings. The van der Waals surface area contributed by atoms with Gasteiger partial charge in [-0.3, -0.25) is 4.79 Å². The maximum Gasteiger partial charge on any atom is 0.253 e. The Labute approximate surface area is 113 Å². The van der Waals surface area contributed by atoms with Gasteiger partial charge in [-0.05, 0) is 39.1 Å². The summed E-state index contributed by atoms with van der Waals surface area (Å²) >= 11 is 0. The molecular weight excluding hydrogens is 245 g/mol.